The first-order valence-corrected chi connectivity index (χ1v) is 7.33. The third kappa shape index (κ3) is 3.06. The van der Waals surface area contributed by atoms with E-state index in [9.17, 15) is 4.79 Å². The average molecular weight is 363 g/mol. The highest BCUT2D eigenvalue weighted by Crippen LogP contribution is 2.23. The van der Waals surface area contributed by atoms with Crippen LogP contribution in [0.1, 0.15) is 10.4 Å². The Labute approximate surface area is 134 Å². The summed E-state index contributed by atoms with van der Waals surface area (Å²) in [6.07, 6.45) is 0. The molecule has 0 spiro atoms. The number of halogens is 2. The first-order valence-electron chi connectivity index (χ1n) is 6.16. The van der Waals surface area contributed by atoms with E-state index >= 15 is 0 Å². The Morgan fingerprint density at radius 1 is 1.10 bits per heavy atom. The van der Waals surface area contributed by atoms with E-state index in [1.807, 2.05) is 18.2 Å². The van der Waals surface area contributed by atoms with Gasteiger partial charge in [-0.15, -0.1) is 0 Å². The number of hydrogen-bond acceptors (Lipinski definition) is 3. The zero-order valence-electron chi connectivity index (χ0n) is 10.7. The Balaban J connectivity index is 1.99. The van der Waals surface area contributed by atoms with E-state index in [1.54, 1.807) is 30.3 Å². The number of esters is 1. The number of hydrogen-bond donors (Lipinski definition) is 0. The normalized spacial score (nSPS) is 10.6. The summed E-state index contributed by atoms with van der Waals surface area (Å²) in [6.45, 7) is 0. The number of para-hydroxylation sites is 1. The summed E-state index contributed by atoms with van der Waals surface area (Å²) in [5, 5.41) is 0.973. The second-order valence-corrected chi connectivity index (χ2v) is 5.66. The monoisotopic (exact) mass is 361 g/mol. The summed E-state index contributed by atoms with van der Waals surface area (Å²) in [5.74, 6) is 0.0121. The second-order valence-electron chi connectivity index (χ2n) is 4.35. The van der Waals surface area contributed by atoms with Crippen LogP contribution in [-0.4, -0.2) is 11.0 Å². The van der Waals surface area contributed by atoms with Crippen molar-refractivity contribution in [2.24, 2.45) is 0 Å². The van der Waals surface area contributed by atoms with Crippen molar-refractivity contribution in [1.82, 2.24) is 4.98 Å². The lowest BCUT2D eigenvalue weighted by atomic mass is 10.1. The number of pyridine rings is 1. The number of ether oxygens (including phenoxy) is 1. The van der Waals surface area contributed by atoms with Crippen molar-refractivity contribution in [3.63, 3.8) is 0 Å². The van der Waals surface area contributed by atoms with Crippen LogP contribution >= 0.6 is 27.5 Å². The van der Waals surface area contributed by atoms with Gasteiger partial charge in [-0.25, -0.2) is 9.78 Å². The molecule has 0 aliphatic heterocycles. The summed E-state index contributed by atoms with van der Waals surface area (Å²) in [6, 6.07) is 15.9. The maximum atomic E-state index is 12.3. The Bertz CT molecular complexity index is 818. The molecule has 1 aromatic heterocycles. The molecule has 0 aliphatic rings. The maximum Gasteiger partial charge on any atom is 0.344 e. The molecule has 0 amide bonds. The number of carbonyl (C=O) groups excluding carboxylic acids is 1. The van der Waals surface area contributed by atoms with Gasteiger partial charge in [0, 0.05) is 9.86 Å². The Morgan fingerprint density at radius 3 is 2.57 bits per heavy atom. The van der Waals surface area contributed by atoms with Crippen LogP contribution < -0.4 is 4.74 Å². The molecule has 0 fully saturated rings. The molecular weight excluding hydrogens is 354 g/mol. The molecule has 0 bridgehead atoms. The highest BCUT2D eigenvalue weighted by Gasteiger charge is 2.14. The fraction of sp³-hybridized carbons (Fsp3) is 0. The lowest BCUT2D eigenvalue weighted by Crippen LogP contribution is -2.09. The molecular formula is C16H9BrClNO2. The summed E-state index contributed by atoms with van der Waals surface area (Å²) in [4.78, 5) is 16.5. The van der Waals surface area contributed by atoms with Gasteiger partial charge in [0.05, 0.1) is 11.1 Å². The molecule has 5 heteroatoms. The number of fused-ring (bicyclic) bond motifs is 1. The number of rotatable bonds is 2. The summed E-state index contributed by atoms with van der Waals surface area (Å²) in [7, 11) is 0. The molecule has 3 aromatic rings. The van der Waals surface area contributed by atoms with Crippen molar-refractivity contribution in [2.75, 3.05) is 0 Å². The molecule has 0 atom stereocenters. The quantitative estimate of drug-likeness (QED) is 0.371. The summed E-state index contributed by atoms with van der Waals surface area (Å²) >= 11 is 9.30. The van der Waals surface area contributed by atoms with Crippen LogP contribution in [0.2, 0.25) is 5.15 Å². The van der Waals surface area contributed by atoms with Gasteiger partial charge in [0.25, 0.3) is 0 Å². The highest BCUT2D eigenvalue weighted by atomic mass is 79.9. The number of nitrogens with zero attached hydrogens (tertiary/aromatic N) is 1. The van der Waals surface area contributed by atoms with E-state index in [-0.39, 0.29) is 5.15 Å². The zero-order valence-corrected chi connectivity index (χ0v) is 13.1. The van der Waals surface area contributed by atoms with Crippen molar-refractivity contribution in [1.29, 1.82) is 0 Å². The van der Waals surface area contributed by atoms with E-state index in [4.69, 9.17) is 16.3 Å². The van der Waals surface area contributed by atoms with Crippen molar-refractivity contribution >= 4 is 44.4 Å². The molecule has 0 N–H and O–H groups in total. The maximum absolute atomic E-state index is 12.3. The lowest BCUT2D eigenvalue weighted by Gasteiger charge is -2.07. The number of benzene rings is 2. The highest BCUT2D eigenvalue weighted by molar-refractivity contribution is 9.10. The second kappa shape index (κ2) is 5.84. The molecule has 3 rings (SSSR count). The SMILES string of the molecule is O=C(Oc1ccc(Br)cc1)c1cc(Cl)nc2ccccc12. The van der Waals surface area contributed by atoms with Crippen LogP contribution in [0, 0.1) is 0 Å². The fourth-order valence-corrected chi connectivity index (χ4v) is 2.44. The lowest BCUT2D eigenvalue weighted by molar-refractivity contribution is 0.0736. The van der Waals surface area contributed by atoms with Crippen molar-refractivity contribution in [3.8, 4) is 5.75 Å². The van der Waals surface area contributed by atoms with E-state index in [0.29, 0.717) is 22.2 Å². The summed E-state index contributed by atoms with van der Waals surface area (Å²) in [5.41, 5.74) is 1.06. The first kappa shape index (κ1) is 14.0. The van der Waals surface area contributed by atoms with Crippen LogP contribution in [0.15, 0.2) is 59.1 Å². The van der Waals surface area contributed by atoms with E-state index < -0.39 is 5.97 Å². The van der Waals surface area contributed by atoms with Crippen LogP contribution in [-0.2, 0) is 0 Å². The fourth-order valence-electron chi connectivity index (χ4n) is 1.98. The zero-order chi connectivity index (χ0) is 14.8. The van der Waals surface area contributed by atoms with Gasteiger partial charge in [-0.1, -0.05) is 45.7 Å². The van der Waals surface area contributed by atoms with E-state index in [2.05, 4.69) is 20.9 Å². The third-order valence-electron chi connectivity index (χ3n) is 2.93. The van der Waals surface area contributed by atoms with E-state index in [0.717, 1.165) is 4.47 Å². The van der Waals surface area contributed by atoms with Gasteiger partial charge in [-0.2, -0.15) is 0 Å². The molecule has 3 nitrogen and oxygen atoms in total. The summed E-state index contributed by atoms with van der Waals surface area (Å²) < 4.78 is 6.29. The van der Waals surface area contributed by atoms with Crippen LogP contribution in [0.5, 0.6) is 5.75 Å². The standard InChI is InChI=1S/C16H9BrClNO2/c17-10-5-7-11(8-6-10)21-16(20)13-9-15(18)19-14-4-2-1-3-12(13)14/h1-9H. The van der Waals surface area contributed by atoms with Crippen LogP contribution in [0.3, 0.4) is 0 Å². The topological polar surface area (TPSA) is 39.2 Å². The van der Waals surface area contributed by atoms with Crippen molar-refractivity contribution in [2.45, 2.75) is 0 Å². The minimum atomic E-state index is -0.460. The van der Waals surface area contributed by atoms with Gasteiger partial charge in [-0.3, -0.25) is 0 Å². The van der Waals surface area contributed by atoms with Gasteiger partial charge < -0.3 is 4.74 Å². The van der Waals surface area contributed by atoms with Crippen molar-refractivity contribution < 1.29 is 9.53 Å². The Kier molecular flexibility index (Phi) is 3.90. The Hall–Kier alpha value is -1.91. The van der Waals surface area contributed by atoms with Gasteiger partial charge in [0.1, 0.15) is 10.9 Å². The minimum absolute atomic E-state index is 0.261. The molecule has 0 saturated heterocycles. The number of carbonyl (C=O) groups is 1. The predicted molar refractivity (Wildman–Crippen MR) is 85.9 cm³/mol. The molecule has 0 unspecified atom stereocenters. The molecule has 0 aliphatic carbocycles. The predicted octanol–water partition coefficient (Wildman–Crippen LogP) is 4.87. The van der Waals surface area contributed by atoms with Crippen LogP contribution in [0.4, 0.5) is 0 Å². The molecule has 21 heavy (non-hydrogen) atoms. The molecule has 104 valence electrons. The van der Waals surface area contributed by atoms with Gasteiger partial charge in [0.2, 0.25) is 0 Å². The number of aromatic nitrogens is 1. The van der Waals surface area contributed by atoms with Gasteiger partial charge in [0.15, 0.2) is 0 Å². The largest absolute Gasteiger partial charge is 0.423 e. The first-order chi connectivity index (χ1) is 10.1. The van der Waals surface area contributed by atoms with Gasteiger partial charge in [-0.05, 0) is 36.4 Å². The molecule has 0 radical (unpaired) electrons. The van der Waals surface area contributed by atoms with Crippen LogP contribution in [0.25, 0.3) is 10.9 Å². The van der Waals surface area contributed by atoms with Crippen molar-refractivity contribution in [3.05, 3.63) is 69.8 Å². The van der Waals surface area contributed by atoms with E-state index in [1.165, 1.54) is 6.07 Å². The average Bonchev–Trinajstić information content (AvgIpc) is 2.48. The Morgan fingerprint density at radius 2 is 1.81 bits per heavy atom. The molecule has 1 heterocycles. The third-order valence-corrected chi connectivity index (χ3v) is 3.65. The minimum Gasteiger partial charge on any atom is -0.423 e. The smallest absolute Gasteiger partial charge is 0.344 e. The molecule has 0 saturated carbocycles. The van der Waals surface area contributed by atoms with Gasteiger partial charge >= 0.3 is 5.97 Å². The molecule has 2 aromatic carbocycles.